The summed E-state index contributed by atoms with van der Waals surface area (Å²) < 4.78 is 10.9. The van der Waals surface area contributed by atoms with Crippen LogP contribution in [-0.2, 0) is 11.2 Å². The van der Waals surface area contributed by atoms with E-state index in [1.54, 1.807) is 19.1 Å². The fraction of sp³-hybridized carbons (Fsp3) is 0.174. The van der Waals surface area contributed by atoms with Crippen LogP contribution in [0.25, 0.3) is 10.6 Å². The Bertz CT molecular complexity index is 1190. The minimum absolute atomic E-state index is 0.0880. The van der Waals surface area contributed by atoms with Crippen LogP contribution in [0.1, 0.15) is 11.4 Å². The number of benzene rings is 2. The summed E-state index contributed by atoms with van der Waals surface area (Å²) in [6.45, 7) is 1.92. The Kier molecular flexibility index (Phi) is 6.29. The molecule has 0 saturated heterocycles. The summed E-state index contributed by atoms with van der Waals surface area (Å²) in [6.07, 6.45) is 0.163. The number of methoxy groups -OCH3 is 2. The molecule has 8 heteroatoms. The normalized spacial score (nSPS) is 10.7. The molecule has 0 aliphatic rings. The molecule has 2 aromatic carbocycles. The van der Waals surface area contributed by atoms with Gasteiger partial charge in [0.2, 0.25) is 5.91 Å². The van der Waals surface area contributed by atoms with E-state index in [4.69, 9.17) is 14.5 Å². The topological polar surface area (TPSA) is 64.5 Å². The van der Waals surface area contributed by atoms with E-state index in [0.29, 0.717) is 22.3 Å². The number of ether oxygens (including phenoxy) is 2. The number of hydrogen-bond donors (Lipinski definition) is 0. The zero-order valence-corrected chi connectivity index (χ0v) is 19.0. The maximum atomic E-state index is 13.3. The smallest absolute Gasteiger partial charge is 0.239 e. The Morgan fingerprint density at radius 2 is 1.77 bits per heavy atom. The Morgan fingerprint density at radius 3 is 2.45 bits per heavy atom. The monoisotopic (exact) mass is 451 g/mol. The summed E-state index contributed by atoms with van der Waals surface area (Å²) in [7, 11) is 3.21. The predicted octanol–water partition coefficient (Wildman–Crippen LogP) is 5.50. The van der Waals surface area contributed by atoms with Crippen molar-refractivity contribution in [2.45, 2.75) is 13.3 Å². The van der Waals surface area contributed by atoms with Crippen LogP contribution in [0.5, 0.6) is 11.5 Å². The first-order chi connectivity index (χ1) is 15.1. The summed E-state index contributed by atoms with van der Waals surface area (Å²) in [5, 5.41) is 5.27. The van der Waals surface area contributed by atoms with Crippen molar-refractivity contribution in [2.75, 3.05) is 19.1 Å². The van der Waals surface area contributed by atoms with Gasteiger partial charge in [0.1, 0.15) is 5.01 Å². The van der Waals surface area contributed by atoms with Crippen molar-refractivity contribution in [1.29, 1.82) is 0 Å². The van der Waals surface area contributed by atoms with Crippen LogP contribution in [0.2, 0.25) is 0 Å². The van der Waals surface area contributed by atoms with Gasteiger partial charge in [-0.05, 0) is 31.2 Å². The molecule has 0 fully saturated rings. The van der Waals surface area contributed by atoms with E-state index in [1.807, 2.05) is 66.2 Å². The molecule has 0 aliphatic carbocycles. The molecule has 0 radical (unpaired) electrons. The molecule has 158 valence electrons. The van der Waals surface area contributed by atoms with Crippen LogP contribution in [-0.4, -0.2) is 30.1 Å². The second-order valence-corrected chi connectivity index (χ2v) is 8.39. The molecule has 31 heavy (non-hydrogen) atoms. The van der Waals surface area contributed by atoms with Gasteiger partial charge in [0.15, 0.2) is 16.6 Å². The lowest BCUT2D eigenvalue weighted by Gasteiger charge is -2.19. The second kappa shape index (κ2) is 9.28. The summed E-state index contributed by atoms with van der Waals surface area (Å²) in [5.41, 5.74) is 3.20. The van der Waals surface area contributed by atoms with E-state index in [1.165, 1.54) is 22.7 Å². The molecular formula is C23H21N3O3S2. The number of thiazole rings is 2. The van der Waals surface area contributed by atoms with Crippen molar-refractivity contribution in [2.24, 2.45) is 0 Å². The van der Waals surface area contributed by atoms with E-state index in [-0.39, 0.29) is 12.3 Å². The van der Waals surface area contributed by atoms with Crippen LogP contribution in [0, 0.1) is 6.92 Å². The Balaban J connectivity index is 1.62. The van der Waals surface area contributed by atoms with Gasteiger partial charge in [-0.25, -0.2) is 9.97 Å². The summed E-state index contributed by atoms with van der Waals surface area (Å²) >= 11 is 2.92. The molecule has 2 heterocycles. The minimum Gasteiger partial charge on any atom is -0.493 e. The number of aryl methyl sites for hydroxylation is 1. The van der Waals surface area contributed by atoms with Crippen molar-refractivity contribution < 1.29 is 14.3 Å². The van der Waals surface area contributed by atoms with Gasteiger partial charge in [0.05, 0.1) is 43.3 Å². The molecule has 0 spiro atoms. The summed E-state index contributed by atoms with van der Waals surface area (Å²) in [4.78, 5) is 24.2. The van der Waals surface area contributed by atoms with Crippen LogP contribution in [0.15, 0.2) is 59.3 Å². The van der Waals surface area contributed by atoms with E-state index in [9.17, 15) is 4.79 Å². The van der Waals surface area contributed by atoms with Crippen LogP contribution in [0.3, 0.4) is 0 Å². The molecule has 0 atom stereocenters. The first-order valence-corrected chi connectivity index (χ1v) is 11.3. The largest absolute Gasteiger partial charge is 0.493 e. The quantitative estimate of drug-likeness (QED) is 0.371. The van der Waals surface area contributed by atoms with Crippen molar-refractivity contribution >= 4 is 39.4 Å². The molecule has 4 aromatic rings. The second-order valence-electron chi connectivity index (χ2n) is 6.70. The van der Waals surface area contributed by atoms with Gasteiger partial charge in [-0.1, -0.05) is 24.3 Å². The highest BCUT2D eigenvalue weighted by Gasteiger charge is 2.23. The lowest BCUT2D eigenvalue weighted by Crippen LogP contribution is -2.27. The number of anilines is 2. The molecule has 0 saturated carbocycles. The number of nitrogens with zero attached hydrogens (tertiary/aromatic N) is 3. The number of carbonyl (C=O) groups excluding carboxylic acids is 1. The highest BCUT2D eigenvalue weighted by Crippen LogP contribution is 2.39. The molecular weight excluding hydrogens is 430 g/mol. The van der Waals surface area contributed by atoms with Gasteiger partial charge >= 0.3 is 0 Å². The fourth-order valence-electron chi connectivity index (χ4n) is 3.18. The molecule has 1 amide bonds. The third-order valence-corrected chi connectivity index (χ3v) is 6.45. The van der Waals surface area contributed by atoms with Crippen LogP contribution < -0.4 is 14.4 Å². The SMILES string of the molecule is COc1cccc(-c2nc(CC(=O)N(c3ccccc3)c3nc(C)cs3)cs2)c1OC. The van der Waals surface area contributed by atoms with Crippen molar-refractivity contribution in [3.63, 3.8) is 0 Å². The number of aromatic nitrogens is 2. The lowest BCUT2D eigenvalue weighted by atomic mass is 10.2. The zero-order chi connectivity index (χ0) is 21.8. The van der Waals surface area contributed by atoms with Gasteiger partial charge in [-0.15, -0.1) is 22.7 Å². The molecule has 0 bridgehead atoms. The average molecular weight is 452 g/mol. The fourth-order valence-corrected chi connectivity index (χ4v) is 4.86. The number of rotatable bonds is 7. The number of hydrogen-bond acceptors (Lipinski definition) is 7. The standard InChI is InChI=1S/C23H21N3O3S2/c1-15-13-31-23(24-15)26(17-8-5-4-6-9-17)20(27)12-16-14-30-22(25-16)18-10-7-11-19(28-2)21(18)29-3/h4-11,13-14H,12H2,1-3H3. The third-order valence-electron chi connectivity index (χ3n) is 4.58. The highest BCUT2D eigenvalue weighted by molar-refractivity contribution is 7.14. The van der Waals surface area contributed by atoms with Crippen LogP contribution >= 0.6 is 22.7 Å². The van der Waals surface area contributed by atoms with E-state index in [0.717, 1.165) is 22.0 Å². The summed E-state index contributed by atoms with van der Waals surface area (Å²) in [5.74, 6) is 1.18. The first-order valence-electron chi connectivity index (χ1n) is 9.56. The van der Waals surface area contributed by atoms with E-state index >= 15 is 0 Å². The van der Waals surface area contributed by atoms with Gasteiger partial charge < -0.3 is 9.47 Å². The maximum absolute atomic E-state index is 13.3. The maximum Gasteiger partial charge on any atom is 0.239 e. The molecule has 4 rings (SSSR count). The summed E-state index contributed by atoms with van der Waals surface area (Å²) in [6, 6.07) is 15.2. The van der Waals surface area contributed by atoms with E-state index in [2.05, 4.69) is 4.98 Å². The Labute approximate surface area is 188 Å². The molecule has 0 N–H and O–H groups in total. The Hall–Kier alpha value is -3.23. The van der Waals surface area contributed by atoms with Gasteiger partial charge in [0.25, 0.3) is 0 Å². The van der Waals surface area contributed by atoms with Gasteiger partial charge in [-0.3, -0.25) is 9.69 Å². The third kappa shape index (κ3) is 4.45. The number of carbonyl (C=O) groups is 1. The van der Waals surface area contributed by atoms with E-state index < -0.39 is 0 Å². The molecule has 0 aliphatic heterocycles. The average Bonchev–Trinajstić information content (AvgIpc) is 3.43. The van der Waals surface area contributed by atoms with Gasteiger partial charge in [0, 0.05) is 10.8 Å². The predicted molar refractivity (Wildman–Crippen MR) is 125 cm³/mol. The zero-order valence-electron chi connectivity index (χ0n) is 17.4. The lowest BCUT2D eigenvalue weighted by molar-refractivity contribution is -0.117. The molecule has 6 nitrogen and oxygen atoms in total. The molecule has 2 aromatic heterocycles. The minimum atomic E-state index is -0.0880. The molecule has 0 unspecified atom stereocenters. The Morgan fingerprint density at radius 1 is 0.968 bits per heavy atom. The van der Waals surface area contributed by atoms with Crippen LogP contribution in [0.4, 0.5) is 10.8 Å². The van der Waals surface area contributed by atoms with Crippen molar-refractivity contribution in [3.05, 3.63) is 70.7 Å². The number of amides is 1. The first kappa shape index (κ1) is 21.0. The highest BCUT2D eigenvalue weighted by atomic mass is 32.1. The van der Waals surface area contributed by atoms with Crippen molar-refractivity contribution in [1.82, 2.24) is 9.97 Å². The number of para-hydroxylation sites is 2. The van der Waals surface area contributed by atoms with Gasteiger partial charge in [-0.2, -0.15) is 0 Å². The van der Waals surface area contributed by atoms with Crippen molar-refractivity contribution in [3.8, 4) is 22.1 Å².